The Balaban J connectivity index is 1.92. The van der Waals surface area contributed by atoms with E-state index in [0.29, 0.717) is 24.0 Å². The van der Waals surface area contributed by atoms with Crippen molar-refractivity contribution in [1.82, 2.24) is 4.90 Å². The average molecular weight is 307 g/mol. The summed E-state index contributed by atoms with van der Waals surface area (Å²) >= 11 is 0. The molecule has 0 spiro atoms. The Morgan fingerprint density at radius 2 is 2.05 bits per heavy atom. The number of amides is 1. The fourth-order valence-electron chi connectivity index (χ4n) is 3.37. The van der Waals surface area contributed by atoms with Crippen LogP contribution in [-0.2, 0) is 11.3 Å². The predicted octanol–water partition coefficient (Wildman–Crippen LogP) is 3.46. The summed E-state index contributed by atoms with van der Waals surface area (Å²) in [6.07, 6.45) is 5.98. The van der Waals surface area contributed by atoms with Crippen molar-refractivity contribution in [2.24, 2.45) is 11.8 Å². The van der Waals surface area contributed by atoms with Crippen LogP contribution in [0.1, 0.15) is 60.9 Å². The Morgan fingerprint density at radius 1 is 1.41 bits per heavy atom. The van der Waals surface area contributed by atoms with Crippen LogP contribution in [0.25, 0.3) is 0 Å². The summed E-state index contributed by atoms with van der Waals surface area (Å²) < 4.78 is 5.44. The molecular weight excluding hydrogens is 282 g/mol. The van der Waals surface area contributed by atoms with Gasteiger partial charge in [-0.3, -0.25) is 4.79 Å². The van der Waals surface area contributed by atoms with Gasteiger partial charge in [-0.1, -0.05) is 32.6 Å². The van der Waals surface area contributed by atoms with Crippen molar-refractivity contribution in [2.75, 3.05) is 7.05 Å². The lowest BCUT2D eigenvalue weighted by Gasteiger charge is -2.22. The second-order valence-corrected chi connectivity index (χ2v) is 6.47. The fraction of sp³-hybridized carbons (Fsp3) is 0.647. The fourth-order valence-corrected chi connectivity index (χ4v) is 3.37. The quantitative estimate of drug-likeness (QED) is 0.873. The van der Waals surface area contributed by atoms with Crippen LogP contribution < -0.4 is 0 Å². The van der Waals surface area contributed by atoms with Crippen LogP contribution in [0.4, 0.5) is 0 Å². The number of hydrogen-bond acceptors (Lipinski definition) is 3. The van der Waals surface area contributed by atoms with Crippen molar-refractivity contribution in [3.05, 3.63) is 23.2 Å². The van der Waals surface area contributed by atoms with Gasteiger partial charge < -0.3 is 14.4 Å². The Hall–Kier alpha value is -1.78. The highest BCUT2D eigenvalue weighted by Gasteiger charge is 2.25. The summed E-state index contributed by atoms with van der Waals surface area (Å²) in [5.41, 5.74) is 0.162. The summed E-state index contributed by atoms with van der Waals surface area (Å²) in [4.78, 5) is 25.1. The molecule has 122 valence electrons. The second kappa shape index (κ2) is 6.99. The maximum absolute atomic E-state index is 12.4. The zero-order chi connectivity index (χ0) is 16.3. The largest absolute Gasteiger partial charge is 0.478 e. The Morgan fingerprint density at radius 3 is 2.59 bits per heavy atom. The molecular formula is C17H25NO4. The Bertz CT molecular complexity index is 543. The molecule has 1 N–H and O–H groups in total. The van der Waals surface area contributed by atoms with Gasteiger partial charge in [-0.15, -0.1) is 0 Å². The van der Waals surface area contributed by atoms with Crippen LogP contribution in [-0.4, -0.2) is 28.9 Å². The topological polar surface area (TPSA) is 70.8 Å². The number of rotatable bonds is 6. The summed E-state index contributed by atoms with van der Waals surface area (Å²) in [7, 11) is 1.74. The molecule has 2 rings (SSSR count). The maximum Gasteiger partial charge on any atom is 0.339 e. The van der Waals surface area contributed by atoms with Gasteiger partial charge in [0, 0.05) is 13.0 Å². The van der Waals surface area contributed by atoms with Gasteiger partial charge in [0.25, 0.3) is 0 Å². The molecule has 22 heavy (non-hydrogen) atoms. The monoisotopic (exact) mass is 307 g/mol. The first-order chi connectivity index (χ1) is 10.4. The molecule has 0 bridgehead atoms. The van der Waals surface area contributed by atoms with Gasteiger partial charge in [-0.2, -0.15) is 0 Å². The molecule has 1 unspecified atom stereocenters. The smallest absolute Gasteiger partial charge is 0.339 e. The van der Waals surface area contributed by atoms with Crippen molar-refractivity contribution >= 4 is 11.9 Å². The van der Waals surface area contributed by atoms with Gasteiger partial charge in [0.15, 0.2) is 0 Å². The zero-order valence-corrected chi connectivity index (χ0v) is 13.6. The number of carbonyl (C=O) groups excluding carboxylic acids is 1. The number of aryl methyl sites for hydroxylation is 1. The lowest BCUT2D eigenvalue weighted by Crippen LogP contribution is -2.32. The van der Waals surface area contributed by atoms with Gasteiger partial charge in [0.05, 0.1) is 6.54 Å². The zero-order valence-electron chi connectivity index (χ0n) is 13.6. The molecule has 1 aromatic heterocycles. The molecule has 0 saturated heterocycles. The molecule has 1 aliphatic rings. The van der Waals surface area contributed by atoms with Crippen LogP contribution >= 0.6 is 0 Å². The number of nitrogens with zero attached hydrogens (tertiary/aromatic N) is 1. The molecule has 5 heteroatoms. The molecule has 1 aromatic rings. The van der Waals surface area contributed by atoms with Gasteiger partial charge >= 0.3 is 5.97 Å². The van der Waals surface area contributed by atoms with Crippen molar-refractivity contribution in [3.63, 3.8) is 0 Å². The minimum absolute atomic E-state index is 0.00287. The van der Waals surface area contributed by atoms with E-state index in [-0.39, 0.29) is 17.4 Å². The van der Waals surface area contributed by atoms with E-state index in [1.165, 1.54) is 31.7 Å². The van der Waals surface area contributed by atoms with Crippen LogP contribution in [0, 0.1) is 18.8 Å². The molecule has 0 aliphatic heterocycles. The van der Waals surface area contributed by atoms with Crippen molar-refractivity contribution in [3.8, 4) is 0 Å². The first kappa shape index (κ1) is 16.6. The average Bonchev–Trinajstić information content (AvgIpc) is 3.07. The van der Waals surface area contributed by atoms with Gasteiger partial charge in [-0.05, 0) is 25.3 Å². The van der Waals surface area contributed by atoms with Crippen LogP contribution in [0.2, 0.25) is 0 Å². The Kier molecular flexibility index (Phi) is 5.27. The van der Waals surface area contributed by atoms with E-state index in [1.54, 1.807) is 18.9 Å². The van der Waals surface area contributed by atoms with E-state index in [4.69, 9.17) is 9.52 Å². The van der Waals surface area contributed by atoms with E-state index in [2.05, 4.69) is 0 Å². The third-order valence-electron chi connectivity index (χ3n) is 4.55. The van der Waals surface area contributed by atoms with Crippen molar-refractivity contribution in [1.29, 1.82) is 0 Å². The summed E-state index contributed by atoms with van der Waals surface area (Å²) in [5.74, 6) is 0.662. The lowest BCUT2D eigenvalue weighted by molar-refractivity contribution is -0.135. The van der Waals surface area contributed by atoms with E-state index in [0.717, 1.165) is 6.42 Å². The molecule has 1 amide bonds. The number of carboxylic acid groups (broad SMARTS) is 1. The highest BCUT2D eigenvalue weighted by Crippen LogP contribution is 2.30. The van der Waals surface area contributed by atoms with Crippen molar-refractivity contribution < 1.29 is 19.1 Å². The summed E-state index contributed by atoms with van der Waals surface area (Å²) in [5, 5.41) is 9.03. The molecule has 0 aromatic carbocycles. The van der Waals surface area contributed by atoms with Gasteiger partial charge in [0.1, 0.15) is 17.1 Å². The van der Waals surface area contributed by atoms with E-state index in [9.17, 15) is 9.59 Å². The first-order valence-electron chi connectivity index (χ1n) is 7.96. The molecule has 5 nitrogen and oxygen atoms in total. The second-order valence-electron chi connectivity index (χ2n) is 6.47. The van der Waals surface area contributed by atoms with Crippen LogP contribution in [0.5, 0.6) is 0 Å². The highest BCUT2D eigenvalue weighted by molar-refractivity contribution is 5.88. The third-order valence-corrected chi connectivity index (χ3v) is 4.55. The number of carbonyl (C=O) groups is 2. The summed E-state index contributed by atoms with van der Waals surface area (Å²) in [6, 6.07) is 1.50. The third kappa shape index (κ3) is 3.90. The molecule has 1 aliphatic carbocycles. The Labute approximate surface area is 131 Å². The first-order valence-corrected chi connectivity index (χ1v) is 7.96. The lowest BCUT2D eigenvalue weighted by atomic mass is 9.93. The predicted molar refractivity (Wildman–Crippen MR) is 82.6 cm³/mol. The number of hydrogen-bond donors (Lipinski definition) is 1. The van der Waals surface area contributed by atoms with E-state index < -0.39 is 5.97 Å². The van der Waals surface area contributed by atoms with Gasteiger partial charge in [-0.25, -0.2) is 4.79 Å². The van der Waals surface area contributed by atoms with Crippen LogP contribution in [0.15, 0.2) is 10.5 Å². The minimum Gasteiger partial charge on any atom is -0.478 e. The number of carboxylic acids is 1. The molecule has 1 atom stereocenters. The number of furan rings is 1. The normalized spacial score (nSPS) is 16.7. The minimum atomic E-state index is -1.00. The van der Waals surface area contributed by atoms with Gasteiger partial charge in [0.2, 0.25) is 5.91 Å². The molecule has 1 saturated carbocycles. The number of aromatic carboxylic acids is 1. The maximum atomic E-state index is 12.4. The molecule has 0 radical (unpaired) electrons. The molecule has 1 heterocycles. The highest BCUT2D eigenvalue weighted by atomic mass is 16.4. The summed E-state index contributed by atoms with van der Waals surface area (Å²) in [6.45, 7) is 3.91. The van der Waals surface area contributed by atoms with Crippen LogP contribution in [0.3, 0.4) is 0 Å². The SMILES string of the molecule is Cc1oc(CN(C)C(=O)C(C)CC2CCCC2)cc1C(=O)O. The van der Waals surface area contributed by atoms with E-state index >= 15 is 0 Å². The van der Waals surface area contributed by atoms with E-state index in [1.807, 2.05) is 6.92 Å². The van der Waals surface area contributed by atoms with Crippen molar-refractivity contribution in [2.45, 2.75) is 52.5 Å². The molecule has 1 fully saturated rings. The standard InChI is InChI=1S/C17H25NO4/c1-11(8-13-6-4-5-7-13)16(19)18(3)10-14-9-15(17(20)21)12(2)22-14/h9,11,13H,4-8,10H2,1-3H3,(H,20,21).